The van der Waals surface area contributed by atoms with Crippen molar-refractivity contribution in [2.75, 3.05) is 6.54 Å². The second-order valence-corrected chi connectivity index (χ2v) is 7.93. The van der Waals surface area contributed by atoms with Gasteiger partial charge in [0.1, 0.15) is 0 Å². The largest absolute Gasteiger partial charge is 0.313 e. The van der Waals surface area contributed by atoms with Gasteiger partial charge >= 0.3 is 0 Å². The lowest BCUT2D eigenvalue weighted by atomic mass is 9.47. The third kappa shape index (κ3) is 2.73. The number of nitrogens with one attached hydrogen (secondary N) is 1. The van der Waals surface area contributed by atoms with Crippen LogP contribution in [-0.4, -0.2) is 12.6 Å². The molecular weight excluding hydrogens is 230 g/mol. The molecule has 0 heterocycles. The third-order valence-corrected chi connectivity index (χ3v) is 6.31. The van der Waals surface area contributed by atoms with Crippen LogP contribution in [0.25, 0.3) is 0 Å². The first-order valence-electron chi connectivity index (χ1n) is 8.99. The number of unbranched alkanes of at least 4 members (excludes halogenated alkanes) is 1. The van der Waals surface area contributed by atoms with Crippen molar-refractivity contribution in [3.05, 3.63) is 0 Å². The van der Waals surface area contributed by atoms with Crippen molar-refractivity contribution < 1.29 is 0 Å². The standard InChI is InChI=1S/C18H33N/c1-3-5-6-17(19-7-4-2)18-11-14-8-15(12-18)10-16(9-14)13-18/h14-17,19H,3-13H2,1-2H3. The van der Waals surface area contributed by atoms with Crippen LogP contribution in [0.15, 0.2) is 0 Å². The van der Waals surface area contributed by atoms with Gasteiger partial charge in [0.2, 0.25) is 0 Å². The van der Waals surface area contributed by atoms with E-state index >= 15 is 0 Å². The van der Waals surface area contributed by atoms with Crippen molar-refractivity contribution in [3.8, 4) is 0 Å². The zero-order valence-corrected chi connectivity index (χ0v) is 13.1. The van der Waals surface area contributed by atoms with Crippen molar-refractivity contribution in [2.45, 2.75) is 84.1 Å². The van der Waals surface area contributed by atoms with Gasteiger partial charge in [0.15, 0.2) is 0 Å². The molecule has 0 aromatic carbocycles. The summed E-state index contributed by atoms with van der Waals surface area (Å²) in [4.78, 5) is 0. The minimum Gasteiger partial charge on any atom is -0.313 e. The molecule has 110 valence electrons. The molecule has 0 aliphatic heterocycles. The molecule has 4 bridgehead atoms. The molecule has 4 fully saturated rings. The molecule has 0 spiro atoms. The molecular formula is C18H33N. The second kappa shape index (κ2) is 5.76. The second-order valence-electron chi connectivity index (χ2n) is 7.93. The van der Waals surface area contributed by atoms with Gasteiger partial charge in [-0.2, -0.15) is 0 Å². The molecule has 4 aliphatic carbocycles. The predicted molar refractivity (Wildman–Crippen MR) is 82.2 cm³/mol. The van der Waals surface area contributed by atoms with Crippen molar-refractivity contribution >= 4 is 0 Å². The van der Waals surface area contributed by atoms with Crippen molar-refractivity contribution in [1.82, 2.24) is 5.32 Å². The molecule has 4 aliphatic rings. The van der Waals surface area contributed by atoms with Crippen LogP contribution in [0.2, 0.25) is 0 Å². The fourth-order valence-electron chi connectivity index (χ4n) is 5.96. The van der Waals surface area contributed by atoms with Gasteiger partial charge in [-0.15, -0.1) is 0 Å². The molecule has 0 saturated heterocycles. The Labute approximate surface area is 119 Å². The molecule has 4 rings (SSSR count). The molecule has 1 nitrogen and oxygen atoms in total. The van der Waals surface area contributed by atoms with E-state index in [9.17, 15) is 0 Å². The summed E-state index contributed by atoms with van der Waals surface area (Å²) in [6.07, 6.45) is 14.9. The van der Waals surface area contributed by atoms with Gasteiger partial charge < -0.3 is 5.32 Å². The third-order valence-electron chi connectivity index (χ3n) is 6.31. The van der Waals surface area contributed by atoms with E-state index in [2.05, 4.69) is 19.2 Å². The molecule has 1 atom stereocenters. The molecule has 4 saturated carbocycles. The summed E-state index contributed by atoms with van der Waals surface area (Å²) in [5.41, 5.74) is 0.707. The van der Waals surface area contributed by atoms with Gasteiger partial charge in [-0.25, -0.2) is 0 Å². The Hall–Kier alpha value is -0.0400. The van der Waals surface area contributed by atoms with E-state index < -0.39 is 0 Å². The Bertz CT molecular complexity index is 253. The van der Waals surface area contributed by atoms with Crippen LogP contribution in [0.4, 0.5) is 0 Å². The molecule has 1 heteroatoms. The van der Waals surface area contributed by atoms with Crippen LogP contribution in [0.1, 0.15) is 78.1 Å². The summed E-state index contributed by atoms with van der Waals surface area (Å²) >= 11 is 0. The smallest absolute Gasteiger partial charge is 0.0124 e. The molecule has 1 N–H and O–H groups in total. The number of hydrogen-bond acceptors (Lipinski definition) is 1. The van der Waals surface area contributed by atoms with Crippen LogP contribution in [0.5, 0.6) is 0 Å². The van der Waals surface area contributed by atoms with Gasteiger partial charge in [-0.05, 0) is 81.1 Å². The van der Waals surface area contributed by atoms with Gasteiger partial charge in [-0.3, -0.25) is 0 Å². The van der Waals surface area contributed by atoms with Crippen molar-refractivity contribution in [3.63, 3.8) is 0 Å². The number of rotatable bonds is 7. The van der Waals surface area contributed by atoms with E-state index in [1.165, 1.54) is 32.2 Å². The number of hydrogen-bond donors (Lipinski definition) is 1. The van der Waals surface area contributed by atoms with E-state index in [1.54, 1.807) is 38.5 Å². The highest BCUT2D eigenvalue weighted by Crippen LogP contribution is 2.61. The first-order valence-corrected chi connectivity index (χ1v) is 8.99. The monoisotopic (exact) mass is 263 g/mol. The molecule has 0 aromatic rings. The van der Waals surface area contributed by atoms with Gasteiger partial charge in [0.05, 0.1) is 0 Å². The van der Waals surface area contributed by atoms with Gasteiger partial charge in [0, 0.05) is 6.04 Å². The Morgan fingerprint density at radius 2 is 1.53 bits per heavy atom. The summed E-state index contributed by atoms with van der Waals surface area (Å²) in [7, 11) is 0. The highest BCUT2D eigenvalue weighted by Gasteiger charge is 2.53. The summed E-state index contributed by atoms with van der Waals surface area (Å²) in [6.45, 7) is 5.89. The topological polar surface area (TPSA) is 12.0 Å². The highest BCUT2D eigenvalue weighted by atomic mass is 14.9. The Kier molecular flexibility index (Phi) is 4.22. The zero-order chi connectivity index (χ0) is 13.3. The highest BCUT2D eigenvalue weighted by molar-refractivity contribution is 5.06. The average molecular weight is 263 g/mol. The molecule has 1 unspecified atom stereocenters. The summed E-state index contributed by atoms with van der Waals surface area (Å²) in [5, 5.41) is 3.96. The Morgan fingerprint density at radius 1 is 0.947 bits per heavy atom. The summed E-state index contributed by atoms with van der Waals surface area (Å²) in [6, 6.07) is 0.834. The fourth-order valence-corrected chi connectivity index (χ4v) is 5.96. The maximum atomic E-state index is 3.96. The first-order chi connectivity index (χ1) is 9.25. The zero-order valence-electron chi connectivity index (χ0n) is 13.1. The van der Waals surface area contributed by atoms with Gasteiger partial charge in [0.25, 0.3) is 0 Å². The maximum Gasteiger partial charge on any atom is 0.0124 e. The quantitative estimate of drug-likeness (QED) is 0.698. The Balaban J connectivity index is 1.72. The van der Waals surface area contributed by atoms with E-state index in [0.717, 1.165) is 23.8 Å². The lowest BCUT2D eigenvalue weighted by Gasteiger charge is -2.59. The van der Waals surface area contributed by atoms with E-state index in [-0.39, 0.29) is 0 Å². The maximum absolute atomic E-state index is 3.96. The summed E-state index contributed by atoms with van der Waals surface area (Å²) < 4.78 is 0. The Morgan fingerprint density at radius 3 is 2.00 bits per heavy atom. The molecule has 19 heavy (non-hydrogen) atoms. The van der Waals surface area contributed by atoms with Crippen molar-refractivity contribution in [1.29, 1.82) is 0 Å². The van der Waals surface area contributed by atoms with E-state index in [1.807, 2.05) is 0 Å². The van der Waals surface area contributed by atoms with Crippen LogP contribution in [0.3, 0.4) is 0 Å². The summed E-state index contributed by atoms with van der Waals surface area (Å²) in [5.74, 6) is 3.29. The van der Waals surface area contributed by atoms with Crippen LogP contribution in [-0.2, 0) is 0 Å². The SMILES string of the molecule is CCCCC(NCCC)C12CC3CC(CC(C3)C1)C2. The minimum absolute atomic E-state index is 0.707. The van der Waals surface area contributed by atoms with Gasteiger partial charge in [-0.1, -0.05) is 26.7 Å². The lowest BCUT2D eigenvalue weighted by molar-refractivity contribution is -0.0754. The van der Waals surface area contributed by atoms with Crippen LogP contribution >= 0.6 is 0 Å². The van der Waals surface area contributed by atoms with E-state index in [4.69, 9.17) is 0 Å². The first kappa shape index (κ1) is 13.9. The fraction of sp³-hybridized carbons (Fsp3) is 1.00. The normalized spacial score (nSPS) is 41.7. The molecule has 0 aromatic heterocycles. The van der Waals surface area contributed by atoms with Crippen molar-refractivity contribution in [2.24, 2.45) is 23.2 Å². The average Bonchev–Trinajstić information content (AvgIpc) is 2.37. The molecule has 0 radical (unpaired) electrons. The lowest BCUT2D eigenvalue weighted by Crippen LogP contribution is -2.56. The van der Waals surface area contributed by atoms with Crippen LogP contribution < -0.4 is 5.32 Å². The molecule has 0 amide bonds. The minimum atomic E-state index is 0.707. The van der Waals surface area contributed by atoms with E-state index in [0.29, 0.717) is 5.41 Å². The predicted octanol–water partition coefficient (Wildman–Crippen LogP) is 4.76. The van der Waals surface area contributed by atoms with Crippen LogP contribution in [0, 0.1) is 23.2 Å².